The van der Waals surface area contributed by atoms with Crippen molar-refractivity contribution in [2.45, 2.75) is 37.8 Å². The average molecular weight is 498 g/mol. The highest BCUT2D eigenvalue weighted by atomic mass is 16.5. The van der Waals surface area contributed by atoms with Crippen LogP contribution < -0.4 is 10.1 Å². The van der Waals surface area contributed by atoms with E-state index in [2.05, 4.69) is 33.7 Å². The molecule has 1 amide bonds. The van der Waals surface area contributed by atoms with Crippen LogP contribution in [0, 0.1) is 0 Å². The quantitative estimate of drug-likeness (QED) is 0.380. The summed E-state index contributed by atoms with van der Waals surface area (Å²) in [5, 5.41) is 20.8. The van der Waals surface area contributed by atoms with Crippen LogP contribution in [0.25, 0.3) is 28.1 Å². The van der Waals surface area contributed by atoms with Gasteiger partial charge in [-0.1, -0.05) is 54.6 Å². The first kappa shape index (κ1) is 23.2. The lowest BCUT2D eigenvalue weighted by molar-refractivity contribution is 0.144. The number of carbonyl (C=O) groups is 1. The number of rotatable bonds is 7. The predicted octanol–water partition coefficient (Wildman–Crippen LogP) is 4.72. The Hall–Kier alpha value is -4.24. The number of hydrogen-bond donors (Lipinski definition) is 2. The molecule has 4 aromatic rings. The molecular formula is C28H27N5O4. The van der Waals surface area contributed by atoms with Crippen molar-refractivity contribution in [3.63, 3.8) is 0 Å². The standard InChI is InChI=1S/C28H27N5O4/c1-36-15-12-23-31-32-24-17-37-26-22(33(23)24)16-21(18-6-3-2-4-7-18)25(29-26)19-8-10-20(11-9-19)28(13-5-14-28)30-27(34)35/h2-4,6-11,16,30H,5,12-15,17H2,1H3,(H,34,35). The predicted molar refractivity (Wildman–Crippen MR) is 137 cm³/mol. The van der Waals surface area contributed by atoms with E-state index in [0.717, 1.165) is 64.5 Å². The molecule has 1 aliphatic heterocycles. The van der Waals surface area contributed by atoms with Gasteiger partial charge in [0.2, 0.25) is 5.88 Å². The second-order valence-corrected chi connectivity index (χ2v) is 9.42. The van der Waals surface area contributed by atoms with Crippen molar-refractivity contribution >= 4 is 6.09 Å². The van der Waals surface area contributed by atoms with Crippen LogP contribution in [0.4, 0.5) is 4.79 Å². The monoisotopic (exact) mass is 497 g/mol. The second kappa shape index (κ2) is 9.33. The van der Waals surface area contributed by atoms with Crippen LogP contribution >= 0.6 is 0 Å². The van der Waals surface area contributed by atoms with Crippen molar-refractivity contribution in [3.05, 3.63) is 77.9 Å². The number of hydrogen-bond acceptors (Lipinski definition) is 6. The summed E-state index contributed by atoms with van der Waals surface area (Å²) in [6, 6.07) is 20.2. The highest BCUT2D eigenvalue weighted by Gasteiger charge is 2.40. The molecular weight excluding hydrogens is 470 g/mol. The number of benzene rings is 2. The van der Waals surface area contributed by atoms with Gasteiger partial charge < -0.3 is 19.9 Å². The van der Waals surface area contributed by atoms with Crippen molar-refractivity contribution < 1.29 is 19.4 Å². The van der Waals surface area contributed by atoms with Gasteiger partial charge in [-0.3, -0.25) is 4.57 Å². The number of aromatic nitrogens is 4. The van der Waals surface area contributed by atoms with Gasteiger partial charge in [-0.2, -0.15) is 0 Å². The summed E-state index contributed by atoms with van der Waals surface area (Å²) in [6.07, 6.45) is 2.22. The largest absolute Gasteiger partial charge is 0.468 e. The van der Waals surface area contributed by atoms with E-state index in [1.165, 1.54) is 0 Å². The van der Waals surface area contributed by atoms with E-state index in [1.54, 1.807) is 7.11 Å². The number of nitrogens with zero attached hydrogens (tertiary/aromatic N) is 4. The Morgan fingerprint density at radius 2 is 1.89 bits per heavy atom. The zero-order valence-electron chi connectivity index (χ0n) is 20.5. The van der Waals surface area contributed by atoms with Crippen LogP contribution in [0.1, 0.15) is 36.5 Å². The van der Waals surface area contributed by atoms with E-state index in [-0.39, 0.29) is 6.61 Å². The molecule has 188 valence electrons. The van der Waals surface area contributed by atoms with Gasteiger partial charge in [-0.15, -0.1) is 10.2 Å². The molecule has 9 nitrogen and oxygen atoms in total. The average Bonchev–Trinajstić information content (AvgIpc) is 3.33. The smallest absolute Gasteiger partial charge is 0.405 e. The number of ether oxygens (including phenoxy) is 2. The highest BCUT2D eigenvalue weighted by molar-refractivity contribution is 5.83. The Kier molecular flexibility index (Phi) is 5.84. The maximum Gasteiger partial charge on any atom is 0.405 e. The second-order valence-electron chi connectivity index (χ2n) is 9.42. The lowest BCUT2D eigenvalue weighted by Gasteiger charge is -2.42. The van der Waals surface area contributed by atoms with Gasteiger partial charge in [0.15, 0.2) is 12.4 Å². The summed E-state index contributed by atoms with van der Waals surface area (Å²) in [7, 11) is 1.67. The third kappa shape index (κ3) is 4.11. The van der Waals surface area contributed by atoms with Gasteiger partial charge in [-0.25, -0.2) is 9.78 Å². The SMILES string of the molecule is COCCc1nnc2n1-c1cc(-c3ccccc3)c(-c3ccc(C4(NC(=O)O)CCC4)cc3)nc1OC2. The maximum atomic E-state index is 11.4. The molecule has 2 N–H and O–H groups in total. The Balaban J connectivity index is 1.46. The number of amides is 1. The van der Waals surface area contributed by atoms with E-state index in [9.17, 15) is 9.90 Å². The summed E-state index contributed by atoms with van der Waals surface area (Å²) in [4.78, 5) is 16.4. The van der Waals surface area contributed by atoms with Crippen LogP contribution in [0.15, 0.2) is 60.7 Å². The molecule has 2 aromatic carbocycles. The fourth-order valence-corrected chi connectivity index (χ4v) is 5.19. The van der Waals surface area contributed by atoms with Gasteiger partial charge in [0, 0.05) is 24.7 Å². The van der Waals surface area contributed by atoms with Gasteiger partial charge in [0.25, 0.3) is 0 Å². The summed E-state index contributed by atoms with van der Waals surface area (Å²) in [5.74, 6) is 2.05. The first-order valence-corrected chi connectivity index (χ1v) is 12.4. The van der Waals surface area contributed by atoms with Crippen molar-refractivity contribution in [1.29, 1.82) is 0 Å². The van der Waals surface area contributed by atoms with E-state index in [0.29, 0.717) is 18.9 Å². The fraction of sp³-hybridized carbons (Fsp3) is 0.286. The van der Waals surface area contributed by atoms with E-state index in [4.69, 9.17) is 14.5 Å². The Labute approximate surface area is 214 Å². The van der Waals surface area contributed by atoms with Crippen LogP contribution in [0.2, 0.25) is 0 Å². The van der Waals surface area contributed by atoms with E-state index >= 15 is 0 Å². The van der Waals surface area contributed by atoms with Crippen LogP contribution in [0.3, 0.4) is 0 Å². The molecule has 1 saturated carbocycles. The molecule has 1 aliphatic carbocycles. The zero-order valence-corrected chi connectivity index (χ0v) is 20.5. The first-order valence-electron chi connectivity index (χ1n) is 12.4. The van der Waals surface area contributed by atoms with E-state index < -0.39 is 11.6 Å². The minimum atomic E-state index is -0.998. The fourth-order valence-electron chi connectivity index (χ4n) is 5.19. The van der Waals surface area contributed by atoms with Gasteiger partial charge in [0.1, 0.15) is 11.5 Å². The summed E-state index contributed by atoms with van der Waals surface area (Å²) >= 11 is 0. The summed E-state index contributed by atoms with van der Waals surface area (Å²) in [6.45, 7) is 0.822. The molecule has 0 spiro atoms. The minimum absolute atomic E-state index is 0.284. The topological polar surface area (TPSA) is 111 Å². The number of fused-ring (bicyclic) bond motifs is 3. The number of methoxy groups -OCH3 is 1. The Morgan fingerprint density at radius 3 is 2.57 bits per heavy atom. The molecule has 0 atom stereocenters. The van der Waals surface area contributed by atoms with Gasteiger partial charge in [0.05, 0.1) is 17.8 Å². The molecule has 9 heteroatoms. The highest BCUT2D eigenvalue weighted by Crippen LogP contribution is 2.43. The molecule has 2 aliphatic rings. The van der Waals surface area contributed by atoms with Crippen LogP contribution in [-0.2, 0) is 23.3 Å². The number of carboxylic acid groups (broad SMARTS) is 1. The zero-order chi connectivity index (χ0) is 25.4. The summed E-state index contributed by atoms with van der Waals surface area (Å²) in [5.41, 5.74) is 4.96. The first-order chi connectivity index (χ1) is 18.1. The maximum absolute atomic E-state index is 11.4. The van der Waals surface area contributed by atoms with Gasteiger partial charge >= 0.3 is 6.09 Å². The normalized spacial score (nSPS) is 15.2. The van der Waals surface area contributed by atoms with Crippen molar-refractivity contribution in [2.75, 3.05) is 13.7 Å². The molecule has 3 heterocycles. The van der Waals surface area contributed by atoms with Crippen LogP contribution in [0.5, 0.6) is 5.88 Å². The summed E-state index contributed by atoms with van der Waals surface area (Å²) < 4.78 is 13.3. The molecule has 1 fully saturated rings. The Morgan fingerprint density at radius 1 is 1.11 bits per heavy atom. The molecule has 37 heavy (non-hydrogen) atoms. The molecule has 0 saturated heterocycles. The minimum Gasteiger partial charge on any atom is -0.468 e. The lowest BCUT2D eigenvalue weighted by Crippen LogP contribution is -2.50. The third-order valence-electron chi connectivity index (χ3n) is 7.22. The van der Waals surface area contributed by atoms with Crippen molar-refractivity contribution in [2.24, 2.45) is 0 Å². The molecule has 6 rings (SSSR count). The van der Waals surface area contributed by atoms with Crippen molar-refractivity contribution in [1.82, 2.24) is 25.1 Å². The van der Waals surface area contributed by atoms with Crippen molar-refractivity contribution in [3.8, 4) is 34.0 Å². The third-order valence-corrected chi connectivity index (χ3v) is 7.22. The molecule has 0 bridgehead atoms. The molecule has 0 radical (unpaired) electrons. The van der Waals surface area contributed by atoms with Crippen LogP contribution in [-0.4, -0.2) is 44.7 Å². The number of nitrogens with one attached hydrogen (secondary N) is 1. The van der Waals surface area contributed by atoms with E-state index in [1.807, 2.05) is 47.0 Å². The Bertz CT molecular complexity index is 1450. The lowest BCUT2D eigenvalue weighted by atomic mass is 9.71. The molecule has 2 aromatic heterocycles. The van der Waals surface area contributed by atoms with Gasteiger partial charge in [-0.05, 0) is 36.5 Å². The molecule has 0 unspecified atom stereocenters. The number of pyridine rings is 1.